The van der Waals surface area contributed by atoms with Gasteiger partial charge >= 0.3 is 0 Å². The maximum absolute atomic E-state index is 6.99. The van der Waals surface area contributed by atoms with Crippen molar-refractivity contribution in [1.82, 2.24) is 24.1 Å². The van der Waals surface area contributed by atoms with Crippen LogP contribution >= 0.6 is 11.3 Å². The molecule has 15 rings (SSSR count). The summed E-state index contributed by atoms with van der Waals surface area (Å²) in [5, 5.41) is 11.4. The molecule has 5 aromatic heterocycles. The van der Waals surface area contributed by atoms with Gasteiger partial charge in [0.2, 0.25) is 5.95 Å². The molecule has 0 bridgehead atoms. The van der Waals surface area contributed by atoms with Gasteiger partial charge in [-0.3, -0.25) is 4.57 Å². The average molecular weight is 886 g/mol. The zero-order valence-corrected chi connectivity index (χ0v) is 37.1. The number of thiophene rings is 1. The molecule has 10 aromatic carbocycles. The minimum absolute atomic E-state index is 0.540. The SMILES string of the molecule is c1ccc(-c2nc(-c3ccc4sc5ccccc5c4c3)nc(-n3c4ccccc4c4ccc5c6ccccc6n(-c6cc(-c7cccc8ccccc78)cc7c6oc6ccccc67)c5c43)n2)cc1. The largest absolute Gasteiger partial charge is 0.454 e. The van der Waals surface area contributed by atoms with Crippen LogP contribution in [0.25, 0.3) is 142 Å². The van der Waals surface area contributed by atoms with E-state index in [-0.39, 0.29) is 0 Å². The van der Waals surface area contributed by atoms with Crippen LogP contribution in [0.2, 0.25) is 0 Å². The fourth-order valence-corrected chi connectivity index (χ4v) is 11.8. The number of aromatic nitrogens is 5. The monoisotopic (exact) mass is 885 g/mol. The van der Waals surface area contributed by atoms with Crippen LogP contribution in [-0.4, -0.2) is 24.1 Å². The lowest BCUT2D eigenvalue weighted by Gasteiger charge is -2.15. The van der Waals surface area contributed by atoms with Gasteiger partial charge < -0.3 is 8.98 Å². The van der Waals surface area contributed by atoms with Crippen molar-refractivity contribution >= 4 is 108 Å². The first-order chi connectivity index (χ1) is 33.7. The van der Waals surface area contributed by atoms with E-state index in [2.05, 4.69) is 197 Å². The lowest BCUT2D eigenvalue weighted by molar-refractivity contribution is 0.666. The molecular weight excluding hydrogens is 851 g/mol. The normalized spacial score (nSPS) is 12.1. The lowest BCUT2D eigenvalue weighted by Crippen LogP contribution is -2.07. The van der Waals surface area contributed by atoms with Crippen molar-refractivity contribution in [2.24, 2.45) is 0 Å². The van der Waals surface area contributed by atoms with Crippen LogP contribution in [0.1, 0.15) is 0 Å². The number of nitrogens with zero attached hydrogens (tertiary/aromatic N) is 5. The maximum atomic E-state index is 6.99. The van der Waals surface area contributed by atoms with Gasteiger partial charge in [-0.05, 0) is 76.5 Å². The third-order valence-electron chi connectivity index (χ3n) is 13.8. The van der Waals surface area contributed by atoms with E-state index >= 15 is 0 Å². The molecule has 0 amide bonds. The highest BCUT2D eigenvalue weighted by molar-refractivity contribution is 7.25. The van der Waals surface area contributed by atoms with Crippen molar-refractivity contribution in [1.29, 1.82) is 0 Å². The molecule has 0 unspecified atom stereocenters. The molecule has 0 aliphatic carbocycles. The summed E-state index contributed by atoms with van der Waals surface area (Å²) in [6, 6.07) is 75.6. The first-order valence-electron chi connectivity index (χ1n) is 22.8. The second-order valence-electron chi connectivity index (χ2n) is 17.5. The Morgan fingerprint density at radius 1 is 0.368 bits per heavy atom. The van der Waals surface area contributed by atoms with Crippen molar-refractivity contribution in [3.05, 3.63) is 212 Å². The second kappa shape index (κ2) is 14.3. The van der Waals surface area contributed by atoms with E-state index in [0.29, 0.717) is 17.6 Å². The Morgan fingerprint density at radius 3 is 1.78 bits per heavy atom. The van der Waals surface area contributed by atoms with Gasteiger partial charge in [0.1, 0.15) is 5.58 Å². The molecule has 0 fully saturated rings. The van der Waals surface area contributed by atoms with E-state index in [4.69, 9.17) is 19.4 Å². The topological polar surface area (TPSA) is 61.7 Å². The van der Waals surface area contributed by atoms with Gasteiger partial charge in [0, 0.05) is 63.6 Å². The number of hydrogen-bond donors (Lipinski definition) is 0. The quantitative estimate of drug-likeness (QED) is 0.173. The van der Waals surface area contributed by atoms with Gasteiger partial charge in [-0.15, -0.1) is 11.3 Å². The highest BCUT2D eigenvalue weighted by Gasteiger charge is 2.26. The summed E-state index contributed by atoms with van der Waals surface area (Å²) in [5.74, 6) is 1.75. The Bertz CT molecular complexity index is 4570. The van der Waals surface area contributed by atoms with Crippen LogP contribution in [0, 0.1) is 0 Å². The van der Waals surface area contributed by atoms with Gasteiger partial charge in [0.15, 0.2) is 17.2 Å². The number of hydrogen-bond acceptors (Lipinski definition) is 5. The second-order valence-corrected chi connectivity index (χ2v) is 18.6. The number of fused-ring (bicyclic) bond motifs is 14. The summed E-state index contributed by atoms with van der Waals surface area (Å²) in [6.45, 7) is 0. The molecule has 0 saturated heterocycles. The molecule has 68 heavy (non-hydrogen) atoms. The molecule has 316 valence electrons. The molecule has 0 spiro atoms. The number of para-hydroxylation sites is 3. The Balaban J connectivity index is 1.09. The summed E-state index contributed by atoms with van der Waals surface area (Å²) >= 11 is 1.81. The highest BCUT2D eigenvalue weighted by atomic mass is 32.1. The van der Waals surface area contributed by atoms with E-state index < -0.39 is 0 Å². The van der Waals surface area contributed by atoms with E-state index in [0.717, 1.165) is 93.5 Å². The third kappa shape index (κ3) is 5.42. The van der Waals surface area contributed by atoms with Gasteiger partial charge in [-0.25, -0.2) is 4.98 Å². The molecule has 7 heteroatoms. The molecular formula is C61H35N5OS. The van der Waals surface area contributed by atoms with E-state index in [1.165, 1.54) is 30.9 Å². The van der Waals surface area contributed by atoms with Crippen LogP contribution in [0.3, 0.4) is 0 Å². The molecule has 15 aromatic rings. The summed E-state index contributed by atoms with van der Waals surface area (Å²) in [4.78, 5) is 16.1. The van der Waals surface area contributed by atoms with Crippen LogP contribution in [-0.2, 0) is 0 Å². The first-order valence-corrected chi connectivity index (χ1v) is 23.7. The minimum Gasteiger partial charge on any atom is -0.454 e. The standard InChI is InChI=1S/C61H35N5OS/c1-2-16-37(17-3-1)59-62-60(38-29-32-55-48(33-38)45-23-9-13-28-54(45)68-55)64-61(63-59)66-51-26-11-7-21-43(51)47-31-30-46-42-20-6-10-25-50(42)65(56(46)57(47)66)52-35-39(41-24-14-18-36-15-4-5-19-40(36)41)34-49-44-22-8-12-27-53(44)67-58(49)52/h1-35H. The average Bonchev–Trinajstić information content (AvgIpc) is 4.16. The van der Waals surface area contributed by atoms with Gasteiger partial charge in [-0.2, -0.15) is 9.97 Å². The zero-order chi connectivity index (χ0) is 44.5. The minimum atomic E-state index is 0.540. The van der Waals surface area contributed by atoms with Gasteiger partial charge in [0.05, 0.1) is 27.8 Å². The summed E-state index contributed by atoms with van der Waals surface area (Å²) < 4.78 is 14.2. The van der Waals surface area contributed by atoms with E-state index in [9.17, 15) is 0 Å². The van der Waals surface area contributed by atoms with Crippen LogP contribution in [0.5, 0.6) is 0 Å². The molecule has 0 radical (unpaired) electrons. The highest BCUT2D eigenvalue weighted by Crippen LogP contribution is 2.46. The van der Waals surface area contributed by atoms with E-state index in [1.807, 2.05) is 24.3 Å². The Hall–Kier alpha value is -8.91. The van der Waals surface area contributed by atoms with Gasteiger partial charge in [-0.1, -0.05) is 158 Å². The first kappa shape index (κ1) is 37.3. The molecule has 6 nitrogen and oxygen atoms in total. The Kier molecular flexibility index (Phi) is 7.85. The fraction of sp³-hybridized carbons (Fsp3) is 0. The molecule has 0 saturated carbocycles. The van der Waals surface area contributed by atoms with Crippen LogP contribution < -0.4 is 0 Å². The van der Waals surface area contributed by atoms with Crippen LogP contribution in [0.4, 0.5) is 0 Å². The fourth-order valence-electron chi connectivity index (χ4n) is 10.7. The number of furan rings is 1. The molecule has 5 heterocycles. The van der Waals surface area contributed by atoms with Crippen LogP contribution in [0.15, 0.2) is 217 Å². The van der Waals surface area contributed by atoms with Crippen molar-refractivity contribution in [3.63, 3.8) is 0 Å². The number of rotatable bonds is 5. The zero-order valence-electron chi connectivity index (χ0n) is 36.3. The number of benzene rings is 10. The Labute approximate surface area is 392 Å². The molecule has 0 atom stereocenters. The predicted octanol–water partition coefficient (Wildman–Crippen LogP) is 16.5. The summed E-state index contributed by atoms with van der Waals surface area (Å²) in [5.41, 5.74) is 10.8. The van der Waals surface area contributed by atoms with E-state index in [1.54, 1.807) is 11.3 Å². The van der Waals surface area contributed by atoms with Crippen molar-refractivity contribution in [2.75, 3.05) is 0 Å². The van der Waals surface area contributed by atoms with Crippen molar-refractivity contribution in [3.8, 4) is 45.5 Å². The molecule has 0 aliphatic rings. The molecule has 0 N–H and O–H groups in total. The summed E-state index contributed by atoms with van der Waals surface area (Å²) in [6.07, 6.45) is 0. The third-order valence-corrected chi connectivity index (χ3v) is 14.9. The smallest absolute Gasteiger partial charge is 0.238 e. The maximum Gasteiger partial charge on any atom is 0.238 e. The van der Waals surface area contributed by atoms with Crippen molar-refractivity contribution < 1.29 is 4.42 Å². The lowest BCUT2D eigenvalue weighted by atomic mass is 9.96. The summed E-state index contributed by atoms with van der Waals surface area (Å²) in [7, 11) is 0. The molecule has 0 aliphatic heterocycles. The van der Waals surface area contributed by atoms with Crippen molar-refractivity contribution in [2.45, 2.75) is 0 Å². The Morgan fingerprint density at radius 2 is 0.971 bits per heavy atom. The van der Waals surface area contributed by atoms with Gasteiger partial charge in [0.25, 0.3) is 0 Å². The predicted molar refractivity (Wildman–Crippen MR) is 282 cm³/mol.